The van der Waals surface area contributed by atoms with Crippen LogP contribution in [0.25, 0.3) is 0 Å². The van der Waals surface area contributed by atoms with Crippen LogP contribution in [0.1, 0.15) is 86.5 Å². The summed E-state index contributed by atoms with van der Waals surface area (Å²) in [6, 6.07) is 13.6. The average Bonchev–Trinajstić information content (AvgIpc) is 2.98. The van der Waals surface area contributed by atoms with Gasteiger partial charge in [-0.2, -0.15) is 0 Å². The molecule has 210 valence electrons. The number of rotatable bonds is 2. The van der Waals surface area contributed by atoms with Crippen LogP contribution in [0.5, 0.6) is 11.5 Å². The molecular weight excluding hydrogens is 492 g/mol. The number of aromatic hydroxyl groups is 2. The van der Waals surface area contributed by atoms with Crippen LogP contribution in [0.3, 0.4) is 0 Å². The van der Waals surface area contributed by atoms with E-state index in [4.69, 9.17) is 0 Å². The summed E-state index contributed by atoms with van der Waals surface area (Å²) in [7, 11) is 0. The fourth-order valence-corrected chi connectivity index (χ4v) is 10.9. The summed E-state index contributed by atoms with van der Waals surface area (Å²) >= 11 is 0. The third-order valence-corrected chi connectivity index (χ3v) is 12.6. The van der Waals surface area contributed by atoms with E-state index in [2.05, 4.69) is 45.9 Å². The molecule has 40 heavy (non-hydrogen) atoms. The number of piperidine rings is 2. The van der Waals surface area contributed by atoms with E-state index in [0.717, 1.165) is 39.0 Å². The van der Waals surface area contributed by atoms with Crippen LogP contribution >= 0.6 is 0 Å². The third kappa shape index (κ3) is 3.73. The first-order valence-electron chi connectivity index (χ1n) is 16.2. The van der Waals surface area contributed by atoms with Gasteiger partial charge in [0.15, 0.2) is 0 Å². The molecule has 2 aliphatic heterocycles. The quantitative estimate of drug-likeness (QED) is 0.468. The normalized spacial score (nSPS) is 36.3. The lowest BCUT2D eigenvalue weighted by molar-refractivity contribution is -0.00536. The van der Waals surface area contributed by atoms with Gasteiger partial charge in [0.05, 0.1) is 13.1 Å². The molecule has 6 unspecified atom stereocenters. The number of phenolic OH excluding ortho intramolecular Hbond substituents is 2. The maximum Gasteiger partial charge on any atom is 0.115 e. The first-order chi connectivity index (χ1) is 19.6. The van der Waals surface area contributed by atoms with E-state index in [0.29, 0.717) is 35.4 Å². The molecule has 4 aliphatic carbocycles. The Hall–Kier alpha value is -2.48. The van der Waals surface area contributed by atoms with Crippen molar-refractivity contribution >= 4 is 0 Å². The number of phenols is 2. The smallest absolute Gasteiger partial charge is 0.115 e. The van der Waals surface area contributed by atoms with E-state index in [1.165, 1.54) is 86.5 Å². The Labute approximate surface area is 239 Å². The Morgan fingerprint density at radius 2 is 1.12 bits per heavy atom. The topological polar surface area (TPSA) is 46.9 Å². The van der Waals surface area contributed by atoms with Crippen LogP contribution in [0.2, 0.25) is 0 Å². The summed E-state index contributed by atoms with van der Waals surface area (Å²) in [4.78, 5) is 5.42. The fraction of sp³-hybridized carbons (Fsp3) is 0.611. The third-order valence-electron chi connectivity index (χ3n) is 12.6. The molecule has 0 spiro atoms. The van der Waals surface area contributed by atoms with Gasteiger partial charge in [-0.3, -0.25) is 9.80 Å². The molecule has 4 fully saturated rings. The van der Waals surface area contributed by atoms with Gasteiger partial charge in [0.25, 0.3) is 0 Å². The van der Waals surface area contributed by atoms with Crippen LogP contribution in [-0.2, 0) is 23.7 Å². The second kappa shape index (κ2) is 9.53. The highest BCUT2D eigenvalue weighted by Crippen LogP contribution is 2.57. The van der Waals surface area contributed by atoms with Crippen molar-refractivity contribution in [2.45, 2.75) is 100.0 Å². The molecule has 2 aromatic carbocycles. The van der Waals surface area contributed by atoms with Crippen molar-refractivity contribution in [3.8, 4) is 23.3 Å². The highest BCUT2D eigenvalue weighted by molar-refractivity contribution is 5.46. The predicted molar refractivity (Wildman–Crippen MR) is 159 cm³/mol. The lowest BCUT2D eigenvalue weighted by atomic mass is 9.52. The molecule has 2 N–H and O–H groups in total. The van der Waals surface area contributed by atoms with Crippen molar-refractivity contribution in [1.82, 2.24) is 9.80 Å². The molecule has 8 rings (SSSR count). The second-order valence-electron chi connectivity index (χ2n) is 14.0. The first-order valence-corrected chi connectivity index (χ1v) is 16.2. The van der Waals surface area contributed by atoms with Crippen LogP contribution in [0.15, 0.2) is 36.4 Å². The van der Waals surface area contributed by atoms with Gasteiger partial charge in [-0.1, -0.05) is 49.7 Å². The van der Waals surface area contributed by atoms with Gasteiger partial charge in [0.2, 0.25) is 0 Å². The van der Waals surface area contributed by atoms with Crippen molar-refractivity contribution < 1.29 is 10.2 Å². The monoisotopic (exact) mass is 536 g/mol. The van der Waals surface area contributed by atoms with Crippen LogP contribution in [0.4, 0.5) is 0 Å². The lowest BCUT2D eigenvalue weighted by Crippen LogP contribution is -2.61. The minimum atomic E-state index is 0.271. The minimum absolute atomic E-state index is 0.271. The van der Waals surface area contributed by atoms with Gasteiger partial charge < -0.3 is 10.2 Å². The molecule has 4 bridgehead atoms. The van der Waals surface area contributed by atoms with E-state index in [-0.39, 0.29) is 10.8 Å². The van der Waals surface area contributed by atoms with E-state index in [1.54, 1.807) is 0 Å². The number of nitrogens with zero attached hydrogens (tertiary/aromatic N) is 2. The molecule has 4 nitrogen and oxygen atoms in total. The molecule has 6 atom stereocenters. The lowest BCUT2D eigenvalue weighted by Gasteiger charge is -2.59. The summed E-state index contributed by atoms with van der Waals surface area (Å²) in [5.74, 6) is 9.61. The van der Waals surface area contributed by atoms with E-state index in [1.807, 2.05) is 12.1 Å². The van der Waals surface area contributed by atoms with Crippen molar-refractivity contribution in [3.05, 3.63) is 58.7 Å². The highest BCUT2D eigenvalue weighted by Gasteiger charge is 2.55. The van der Waals surface area contributed by atoms with Crippen LogP contribution in [-0.4, -0.2) is 58.3 Å². The number of likely N-dealkylation sites (tertiary alicyclic amines) is 2. The minimum Gasteiger partial charge on any atom is -0.508 e. The zero-order valence-electron chi connectivity index (χ0n) is 23.9. The molecule has 0 amide bonds. The molecule has 4 heteroatoms. The number of hydrogen-bond donors (Lipinski definition) is 2. The highest BCUT2D eigenvalue weighted by atomic mass is 16.3. The van der Waals surface area contributed by atoms with Gasteiger partial charge in [0, 0.05) is 36.0 Å². The van der Waals surface area contributed by atoms with E-state index in [9.17, 15) is 10.2 Å². The predicted octanol–water partition coefficient (Wildman–Crippen LogP) is 5.92. The molecule has 2 saturated carbocycles. The Morgan fingerprint density at radius 3 is 1.60 bits per heavy atom. The van der Waals surface area contributed by atoms with Crippen molar-refractivity contribution in [1.29, 1.82) is 0 Å². The molecular formula is C36H44N2O2. The van der Waals surface area contributed by atoms with Crippen molar-refractivity contribution in [2.75, 3.05) is 26.2 Å². The van der Waals surface area contributed by atoms with Crippen molar-refractivity contribution in [2.24, 2.45) is 11.8 Å². The number of benzene rings is 2. The summed E-state index contributed by atoms with van der Waals surface area (Å²) in [5, 5.41) is 20.6. The van der Waals surface area contributed by atoms with Gasteiger partial charge in [0.1, 0.15) is 11.5 Å². The SMILES string of the molecule is Oc1ccc2c(c1)C13CCCCC1C(C2)N(CC#CCN1CCC24CCCCC2C1Cc1ccc(O)cc14)CC3. The zero-order chi connectivity index (χ0) is 26.9. The summed E-state index contributed by atoms with van der Waals surface area (Å²) in [6.07, 6.45) is 15.2. The maximum atomic E-state index is 10.3. The van der Waals surface area contributed by atoms with Crippen LogP contribution < -0.4 is 0 Å². The fourth-order valence-electron chi connectivity index (χ4n) is 10.9. The number of hydrogen-bond acceptors (Lipinski definition) is 4. The van der Waals surface area contributed by atoms with E-state index >= 15 is 0 Å². The zero-order valence-corrected chi connectivity index (χ0v) is 23.9. The first kappa shape index (κ1) is 25.2. The Morgan fingerprint density at radius 1 is 0.650 bits per heavy atom. The molecule has 2 aromatic rings. The van der Waals surface area contributed by atoms with E-state index < -0.39 is 0 Å². The van der Waals surface area contributed by atoms with Gasteiger partial charge in [-0.05, 0) is 110 Å². The standard InChI is InChI=1S/C36H44N2O2/c39-27-11-9-25-21-33-29-7-1-3-13-35(29,31(25)23-27)15-19-37(33)17-5-6-18-38-20-16-36-14-4-2-8-30(36)34(38)22-26-10-12-28(40)24-32(26)36/h9-12,23-24,29-30,33-34,39-40H,1-4,7-8,13-22H2. The van der Waals surface area contributed by atoms with Gasteiger partial charge >= 0.3 is 0 Å². The Kier molecular flexibility index (Phi) is 6.02. The van der Waals surface area contributed by atoms with Gasteiger partial charge in [-0.15, -0.1) is 0 Å². The second-order valence-corrected chi connectivity index (χ2v) is 14.0. The molecule has 6 aliphatic rings. The van der Waals surface area contributed by atoms with Gasteiger partial charge in [-0.25, -0.2) is 0 Å². The van der Waals surface area contributed by atoms with Crippen molar-refractivity contribution in [3.63, 3.8) is 0 Å². The molecule has 0 radical (unpaired) electrons. The molecule has 2 saturated heterocycles. The maximum absolute atomic E-state index is 10.3. The Balaban J connectivity index is 0.995. The molecule has 0 aromatic heterocycles. The average molecular weight is 537 g/mol. The van der Waals surface area contributed by atoms with Crippen LogP contribution in [0, 0.1) is 23.7 Å². The summed E-state index contributed by atoms with van der Waals surface area (Å²) < 4.78 is 0. The largest absolute Gasteiger partial charge is 0.508 e. The number of fused-ring (bicyclic) bond motifs is 2. The molecule has 2 heterocycles. The Bertz CT molecular complexity index is 1270. The summed E-state index contributed by atoms with van der Waals surface area (Å²) in [6.45, 7) is 4.04. The summed E-state index contributed by atoms with van der Waals surface area (Å²) in [5.41, 5.74) is 6.41.